The Morgan fingerprint density at radius 2 is 1.67 bits per heavy atom. The van der Waals surface area contributed by atoms with Gasteiger partial charge in [0.1, 0.15) is 12.1 Å². The number of carboxylic acid groups (broad SMARTS) is 1. The quantitative estimate of drug-likeness (QED) is 0.364. The minimum atomic E-state index is -1.15. The zero-order chi connectivity index (χ0) is 20.4. The largest absolute Gasteiger partial charge is 0.480 e. The van der Waals surface area contributed by atoms with E-state index >= 15 is 0 Å². The van der Waals surface area contributed by atoms with Gasteiger partial charge in [-0.3, -0.25) is 14.4 Å². The molecule has 0 aromatic heterocycles. The summed E-state index contributed by atoms with van der Waals surface area (Å²) in [6.07, 6.45) is 1.02. The summed E-state index contributed by atoms with van der Waals surface area (Å²) in [5.41, 5.74) is 2.95. The van der Waals surface area contributed by atoms with E-state index in [1.54, 1.807) is 0 Å². The molecule has 0 fully saturated rings. The zero-order valence-electron chi connectivity index (χ0n) is 15.9. The molecule has 0 heterocycles. The maximum Gasteiger partial charge on any atom is 0.325 e. The van der Waals surface area contributed by atoms with Gasteiger partial charge in [-0.15, -0.1) is 0 Å². The molecule has 150 valence electrons. The molecule has 1 aromatic rings. The standard InChI is InChI=1S/C19H29N3O5/c1-4-12(2)16(18(24)21-13(3)19(25)26)22-17(23)15(11-20-27)10-14-8-6-5-7-9-14/h5-9,12-13,15-16,20,27H,4,10-11H2,1-3H3,(H,21,24)(H,22,23)(H,25,26)/t12?,13-,15+,16-/m0/s1. The summed E-state index contributed by atoms with van der Waals surface area (Å²) in [5.74, 6) is -2.85. The first-order valence-corrected chi connectivity index (χ1v) is 9.04. The van der Waals surface area contributed by atoms with Crippen LogP contribution in [0.25, 0.3) is 0 Å². The number of aliphatic carboxylic acids is 1. The molecule has 27 heavy (non-hydrogen) atoms. The van der Waals surface area contributed by atoms with Gasteiger partial charge < -0.3 is 20.9 Å². The van der Waals surface area contributed by atoms with Gasteiger partial charge in [0.2, 0.25) is 11.8 Å². The molecule has 1 aromatic carbocycles. The van der Waals surface area contributed by atoms with Crippen LogP contribution in [0.5, 0.6) is 0 Å². The molecular formula is C19H29N3O5. The van der Waals surface area contributed by atoms with Crippen LogP contribution in [0.1, 0.15) is 32.8 Å². The van der Waals surface area contributed by atoms with E-state index in [4.69, 9.17) is 10.3 Å². The van der Waals surface area contributed by atoms with Gasteiger partial charge >= 0.3 is 5.97 Å². The van der Waals surface area contributed by atoms with Gasteiger partial charge in [-0.1, -0.05) is 50.6 Å². The molecule has 1 unspecified atom stereocenters. The third kappa shape index (κ3) is 7.36. The number of carbonyl (C=O) groups excluding carboxylic acids is 2. The van der Waals surface area contributed by atoms with Crippen LogP contribution in [0.4, 0.5) is 0 Å². The first kappa shape index (κ1) is 22.6. The van der Waals surface area contributed by atoms with Gasteiger partial charge in [0.05, 0.1) is 5.92 Å². The summed E-state index contributed by atoms with van der Waals surface area (Å²) in [6.45, 7) is 5.09. The van der Waals surface area contributed by atoms with Crippen molar-refractivity contribution in [2.24, 2.45) is 11.8 Å². The van der Waals surface area contributed by atoms with Crippen LogP contribution in [-0.4, -0.2) is 46.7 Å². The third-order valence-electron chi connectivity index (χ3n) is 4.56. The molecule has 0 bridgehead atoms. The normalized spacial score (nSPS) is 15.3. The van der Waals surface area contributed by atoms with E-state index < -0.39 is 29.9 Å². The second-order valence-electron chi connectivity index (χ2n) is 6.69. The topological polar surface area (TPSA) is 128 Å². The summed E-state index contributed by atoms with van der Waals surface area (Å²) in [7, 11) is 0. The minimum absolute atomic E-state index is 0.0289. The van der Waals surface area contributed by atoms with Gasteiger partial charge in [-0.05, 0) is 24.8 Å². The Morgan fingerprint density at radius 1 is 1.04 bits per heavy atom. The molecule has 1 rings (SSSR count). The van der Waals surface area contributed by atoms with Crippen LogP contribution >= 0.6 is 0 Å². The molecule has 0 saturated heterocycles. The smallest absolute Gasteiger partial charge is 0.325 e. The van der Waals surface area contributed by atoms with Crippen LogP contribution in [0.3, 0.4) is 0 Å². The first-order valence-electron chi connectivity index (χ1n) is 9.04. The number of carboxylic acids is 1. The third-order valence-corrected chi connectivity index (χ3v) is 4.56. The number of benzene rings is 1. The fourth-order valence-electron chi connectivity index (χ4n) is 2.60. The molecule has 2 amide bonds. The SMILES string of the molecule is CCC(C)[C@H](NC(=O)[C@@H](CNO)Cc1ccccc1)C(=O)N[C@@H](C)C(=O)O. The van der Waals surface area contributed by atoms with Crippen molar-refractivity contribution in [3.63, 3.8) is 0 Å². The number of carbonyl (C=O) groups is 3. The highest BCUT2D eigenvalue weighted by atomic mass is 16.5. The Balaban J connectivity index is 2.88. The minimum Gasteiger partial charge on any atom is -0.480 e. The highest BCUT2D eigenvalue weighted by molar-refractivity contribution is 5.91. The monoisotopic (exact) mass is 379 g/mol. The van der Waals surface area contributed by atoms with Crippen molar-refractivity contribution in [1.82, 2.24) is 16.1 Å². The van der Waals surface area contributed by atoms with E-state index in [1.165, 1.54) is 6.92 Å². The Kier molecular flexibility index (Phi) is 9.46. The van der Waals surface area contributed by atoms with E-state index in [0.717, 1.165) is 5.56 Å². The molecule has 0 aliphatic carbocycles. The van der Waals surface area contributed by atoms with Gasteiger partial charge in [-0.25, -0.2) is 5.48 Å². The van der Waals surface area contributed by atoms with Crippen LogP contribution in [0.2, 0.25) is 0 Å². The van der Waals surface area contributed by atoms with Crippen LogP contribution in [0, 0.1) is 11.8 Å². The molecule has 0 radical (unpaired) electrons. The van der Waals surface area contributed by atoms with Crippen molar-refractivity contribution < 1.29 is 24.7 Å². The van der Waals surface area contributed by atoms with Gasteiger partial charge in [0, 0.05) is 6.54 Å². The maximum absolute atomic E-state index is 12.7. The van der Waals surface area contributed by atoms with Crippen LogP contribution in [-0.2, 0) is 20.8 Å². The fourth-order valence-corrected chi connectivity index (χ4v) is 2.60. The van der Waals surface area contributed by atoms with Crippen LogP contribution in [0.15, 0.2) is 30.3 Å². The van der Waals surface area contributed by atoms with E-state index in [9.17, 15) is 14.4 Å². The average Bonchev–Trinajstić information content (AvgIpc) is 2.65. The molecule has 0 aliphatic rings. The molecule has 0 spiro atoms. The lowest BCUT2D eigenvalue weighted by atomic mass is 9.94. The molecule has 8 heteroatoms. The molecule has 5 N–H and O–H groups in total. The van der Waals surface area contributed by atoms with Gasteiger partial charge in [0.15, 0.2) is 0 Å². The number of rotatable bonds is 11. The maximum atomic E-state index is 12.7. The summed E-state index contributed by atoms with van der Waals surface area (Å²) in [5, 5.41) is 23.2. The Labute approximate surface area is 159 Å². The van der Waals surface area contributed by atoms with Crippen molar-refractivity contribution in [1.29, 1.82) is 0 Å². The van der Waals surface area contributed by atoms with Crippen molar-refractivity contribution >= 4 is 17.8 Å². The van der Waals surface area contributed by atoms with E-state index in [2.05, 4.69) is 10.6 Å². The lowest BCUT2D eigenvalue weighted by Gasteiger charge is -2.26. The van der Waals surface area contributed by atoms with Crippen molar-refractivity contribution in [2.45, 2.75) is 45.7 Å². The fraction of sp³-hybridized carbons (Fsp3) is 0.526. The number of hydrogen-bond acceptors (Lipinski definition) is 5. The molecule has 4 atom stereocenters. The Morgan fingerprint density at radius 3 is 2.19 bits per heavy atom. The van der Waals surface area contributed by atoms with Crippen molar-refractivity contribution in [2.75, 3.05) is 6.54 Å². The highest BCUT2D eigenvalue weighted by Crippen LogP contribution is 2.12. The molecule has 0 aliphatic heterocycles. The van der Waals surface area contributed by atoms with E-state index in [1.807, 2.05) is 49.7 Å². The van der Waals surface area contributed by atoms with Gasteiger partial charge in [0.25, 0.3) is 0 Å². The average molecular weight is 379 g/mol. The highest BCUT2D eigenvalue weighted by Gasteiger charge is 2.30. The number of amides is 2. The predicted molar refractivity (Wildman–Crippen MR) is 100 cm³/mol. The Hall–Kier alpha value is -2.45. The summed E-state index contributed by atoms with van der Waals surface area (Å²) < 4.78 is 0. The second kappa shape index (κ2) is 11.3. The Bertz CT molecular complexity index is 623. The number of nitrogens with one attached hydrogen (secondary N) is 3. The van der Waals surface area contributed by atoms with E-state index in [0.29, 0.717) is 12.8 Å². The predicted octanol–water partition coefficient (Wildman–Crippen LogP) is 0.944. The second-order valence-corrected chi connectivity index (χ2v) is 6.69. The molecule has 8 nitrogen and oxygen atoms in total. The zero-order valence-corrected chi connectivity index (χ0v) is 15.9. The lowest BCUT2D eigenvalue weighted by Crippen LogP contribution is -2.55. The van der Waals surface area contributed by atoms with Gasteiger partial charge in [-0.2, -0.15) is 0 Å². The van der Waals surface area contributed by atoms with Crippen molar-refractivity contribution in [3.8, 4) is 0 Å². The van der Waals surface area contributed by atoms with Crippen LogP contribution < -0.4 is 16.1 Å². The van der Waals surface area contributed by atoms with E-state index in [-0.39, 0.29) is 18.4 Å². The molecular weight excluding hydrogens is 350 g/mol. The first-order chi connectivity index (χ1) is 12.8. The summed E-state index contributed by atoms with van der Waals surface area (Å²) in [4.78, 5) is 36.2. The summed E-state index contributed by atoms with van der Waals surface area (Å²) >= 11 is 0. The lowest BCUT2D eigenvalue weighted by molar-refractivity contribution is -0.142. The summed E-state index contributed by atoms with van der Waals surface area (Å²) in [6, 6.07) is 7.44. The molecule has 0 saturated carbocycles. The van der Waals surface area contributed by atoms with Crippen molar-refractivity contribution in [3.05, 3.63) is 35.9 Å². The number of hydrogen-bond donors (Lipinski definition) is 5. The number of hydroxylamine groups is 1.